The van der Waals surface area contributed by atoms with Gasteiger partial charge in [-0.2, -0.15) is 0 Å². The minimum Gasteiger partial charge on any atom is -0.506 e. The molecule has 13 heavy (non-hydrogen) atoms. The van der Waals surface area contributed by atoms with Crippen LogP contribution in [0.3, 0.4) is 0 Å². The van der Waals surface area contributed by atoms with Crippen LogP contribution in [-0.2, 0) is 4.79 Å². The fraction of sp³-hybridized carbons (Fsp3) is 0.222. The van der Waals surface area contributed by atoms with Crippen LogP contribution in [0.2, 0.25) is 5.02 Å². The van der Waals surface area contributed by atoms with Gasteiger partial charge in [0.15, 0.2) is 0 Å². The highest BCUT2D eigenvalue weighted by Gasteiger charge is 2.09. The molecule has 0 bridgehead atoms. The van der Waals surface area contributed by atoms with Gasteiger partial charge < -0.3 is 9.84 Å². The van der Waals surface area contributed by atoms with E-state index in [1.165, 1.54) is 19.1 Å². The molecule has 0 aliphatic heterocycles. The lowest BCUT2D eigenvalue weighted by molar-refractivity contribution is -0.131. The fourth-order valence-electron chi connectivity index (χ4n) is 0.918. The van der Waals surface area contributed by atoms with Crippen LogP contribution in [0.1, 0.15) is 12.5 Å². The number of rotatable bonds is 1. The van der Waals surface area contributed by atoms with Crippen LogP contribution in [0.5, 0.6) is 11.5 Å². The van der Waals surface area contributed by atoms with Gasteiger partial charge in [-0.1, -0.05) is 11.6 Å². The summed E-state index contributed by atoms with van der Waals surface area (Å²) in [6, 6.07) is 2.88. The third kappa shape index (κ3) is 2.12. The van der Waals surface area contributed by atoms with Gasteiger partial charge in [0.1, 0.15) is 11.5 Å². The summed E-state index contributed by atoms with van der Waals surface area (Å²) in [5.74, 6) is -0.0600. The van der Waals surface area contributed by atoms with Crippen LogP contribution in [0.25, 0.3) is 0 Å². The smallest absolute Gasteiger partial charge is 0.308 e. The standard InChI is InChI=1S/C9H9ClO3/c1-5-8(13-6(2)11)4-3-7(12)9(5)10/h3-4,12H,1-2H3. The van der Waals surface area contributed by atoms with Crippen LogP contribution in [-0.4, -0.2) is 11.1 Å². The van der Waals surface area contributed by atoms with E-state index in [1.54, 1.807) is 6.92 Å². The lowest BCUT2D eigenvalue weighted by Gasteiger charge is -2.07. The van der Waals surface area contributed by atoms with Crippen LogP contribution in [0.4, 0.5) is 0 Å². The second-order valence-electron chi connectivity index (χ2n) is 2.62. The molecule has 0 spiro atoms. The van der Waals surface area contributed by atoms with Crippen molar-refractivity contribution in [2.45, 2.75) is 13.8 Å². The molecule has 0 saturated carbocycles. The maximum absolute atomic E-state index is 10.6. The maximum atomic E-state index is 10.6. The molecule has 1 rings (SSSR count). The van der Waals surface area contributed by atoms with Crippen molar-refractivity contribution in [3.63, 3.8) is 0 Å². The van der Waals surface area contributed by atoms with Gasteiger partial charge in [0.2, 0.25) is 0 Å². The molecule has 1 aromatic carbocycles. The Kier molecular flexibility index (Phi) is 2.78. The first-order valence-electron chi connectivity index (χ1n) is 3.69. The Balaban J connectivity index is 3.10. The topological polar surface area (TPSA) is 46.5 Å². The molecule has 0 saturated heterocycles. The molecule has 0 amide bonds. The fourth-order valence-corrected chi connectivity index (χ4v) is 1.07. The number of carbonyl (C=O) groups is 1. The summed E-state index contributed by atoms with van der Waals surface area (Å²) in [5, 5.41) is 9.39. The zero-order chi connectivity index (χ0) is 10.0. The highest BCUT2D eigenvalue weighted by Crippen LogP contribution is 2.33. The molecule has 4 heteroatoms. The van der Waals surface area contributed by atoms with Gasteiger partial charge in [-0.05, 0) is 19.1 Å². The molecule has 0 aromatic heterocycles. The highest BCUT2D eigenvalue weighted by molar-refractivity contribution is 6.33. The number of aromatic hydroxyl groups is 1. The lowest BCUT2D eigenvalue weighted by Crippen LogP contribution is -2.02. The molecular weight excluding hydrogens is 192 g/mol. The van der Waals surface area contributed by atoms with Gasteiger partial charge >= 0.3 is 5.97 Å². The maximum Gasteiger partial charge on any atom is 0.308 e. The number of ether oxygens (including phenoxy) is 1. The number of halogens is 1. The molecule has 70 valence electrons. The predicted octanol–water partition coefficient (Wildman–Crippen LogP) is 2.28. The summed E-state index contributed by atoms with van der Waals surface area (Å²) in [6.07, 6.45) is 0. The number of carbonyl (C=O) groups excluding carboxylic acids is 1. The summed E-state index contributed by atoms with van der Waals surface area (Å²) in [7, 11) is 0. The van der Waals surface area contributed by atoms with E-state index < -0.39 is 5.97 Å². The van der Waals surface area contributed by atoms with Gasteiger partial charge in [-0.15, -0.1) is 0 Å². The minimum atomic E-state index is -0.412. The molecule has 1 aromatic rings. The normalized spacial score (nSPS) is 9.77. The Hall–Kier alpha value is -1.22. The first-order chi connectivity index (χ1) is 6.02. The summed E-state index contributed by atoms with van der Waals surface area (Å²) in [4.78, 5) is 10.6. The van der Waals surface area contributed by atoms with Crippen molar-refractivity contribution in [1.29, 1.82) is 0 Å². The highest BCUT2D eigenvalue weighted by atomic mass is 35.5. The molecule has 0 unspecified atom stereocenters. The Labute approximate surface area is 80.9 Å². The Bertz CT molecular complexity index is 347. The molecule has 3 nitrogen and oxygen atoms in total. The number of esters is 1. The number of phenolic OH excluding ortho intramolecular Hbond substituents is 1. The van der Waals surface area contributed by atoms with Crippen molar-refractivity contribution >= 4 is 17.6 Å². The summed E-state index contributed by atoms with van der Waals surface area (Å²) in [5.41, 5.74) is 0.553. The van der Waals surface area contributed by atoms with Crippen molar-refractivity contribution in [2.24, 2.45) is 0 Å². The van der Waals surface area contributed by atoms with E-state index in [2.05, 4.69) is 0 Å². The SMILES string of the molecule is CC(=O)Oc1ccc(O)c(Cl)c1C. The van der Waals surface area contributed by atoms with Gasteiger partial charge in [-0.25, -0.2) is 0 Å². The average molecular weight is 201 g/mol. The summed E-state index contributed by atoms with van der Waals surface area (Å²) in [6.45, 7) is 2.97. The first-order valence-corrected chi connectivity index (χ1v) is 4.06. The third-order valence-corrected chi connectivity index (χ3v) is 2.05. The zero-order valence-corrected chi connectivity index (χ0v) is 8.05. The number of hydrogen-bond donors (Lipinski definition) is 1. The first kappa shape index (κ1) is 9.86. The number of benzene rings is 1. The quantitative estimate of drug-likeness (QED) is 0.559. The lowest BCUT2D eigenvalue weighted by atomic mass is 10.2. The third-order valence-electron chi connectivity index (χ3n) is 1.57. The van der Waals surface area contributed by atoms with E-state index in [4.69, 9.17) is 16.3 Å². The van der Waals surface area contributed by atoms with Crippen molar-refractivity contribution < 1.29 is 14.6 Å². The van der Waals surface area contributed by atoms with Crippen LogP contribution >= 0.6 is 11.6 Å². The van der Waals surface area contributed by atoms with Gasteiger partial charge in [0.05, 0.1) is 5.02 Å². The molecule has 0 atom stereocenters. The molecule has 0 heterocycles. The largest absolute Gasteiger partial charge is 0.506 e. The summed E-state index contributed by atoms with van der Waals surface area (Å²) < 4.78 is 4.85. The number of hydrogen-bond acceptors (Lipinski definition) is 3. The monoisotopic (exact) mass is 200 g/mol. The van der Waals surface area contributed by atoms with E-state index in [0.29, 0.717) is 11.3 Å². The minimum absolute atomic E-state index is 0.0185. The van der Waals surface area contributed by atoms with Crippen molar-refractivity contribution in [3.05, 3.63) is 22.7 Å². The number of phenols is 1. The van der Waals surface area contributed by atoms with Gasteiger partial charge in [0, 0.05) is 12.5 Å². The van der Waals surface area contributed by atoms with Crippen molar-refractivity contribution in [2.75, 3.05) is 0 Å². The van der Waals surface area contributed by atoms with E-state index in [1.807, 2.05) is 0 Å². The van der Waals surface area contributed by atoms with Gasteiger partial charge in [-0.3, -0.25) is 4.79 Å². The Morgan fingerprint density at radius 2 is 2.15 bits per heavy atom. The zero-order valence-electron chi connectivity index (χ0n) is 7.30. The average Bonchev–Trinajstić information content (AvgIpc) is 2.06. The van der Waals surface area contributed by atoms with Crippen molar-refractivity contribution in [3.8, 4) is 11.5 Å². The van der Waals surface area contributed by atoms with E-state index in [0.717, 1.165) is 0 Å². The second kappa shape index (κ2) is 3.66. The molecule has 0 aliphatic carbocycles. The molecule has 1 N–H and O–H groups in total. The Morgan fingerprint density at radius 3 is 2.69 bits per heavy atom. The van der Waals surface area contributed by atoms with Crippen LogP contribution in [0, 0.1) is 6.92 Å². The molecule has 0 radical (unpaired) electrons. The predicted molar refractivity (Wildman–Crippen MR) is 49.2 cm³/mol. The van der Waals surface area contributed by atoms with Crippen molar-refractivity contribution in [1.82, 2.24) is 0 Å². The summed E-state index contributed by atoms with van der Waals surface area (Å²) >= 11 is 5.72. The second-order valence-corrected chi connectivity index (χ2v) is 2.99. The van der Waals surface area contributed by atoms with Crippen LogP contribution in [0.15, 0.2) is 12.1 Å². The van der Waals surface area contributed by atoms with E-state index in [9.17, 15) is 9.90 Å². The molecule has 0 aliphatic rings. The van der Waals surface area contributed by atoms with Gasteiger partial charge in [0.25, 0.3) is 0 Å². The van der Waals surface area contributed by atoms with E-state index in [-0.39, 0.29) is 10.8 Å². The molecule has 0 fully saturated rings. The van der Waals surface area contributed by atoms with Crippen LogP contribution < -0.4 is 4.74 Å². The van der Waals surface area contributed by atoms with E-state index >= 15 is 0 Å². The Morgan fingerprint density at radius 1 is 1.54 bits per heavy atom. The molecular formula is C9H9ClO3.